The van der Waals surface area contributed by atoms with Gasteiger partial charge in [-0.15, -0.1) is 0 Å². The molecule has 0 unspecified atom stereocenters. The maximum absolute atomic E-state index is 9.66. The van der Waals surface area contributed by atoms with Gasteiger partial charge in [-0.1, -0.05) is 35.9 Å². The van der Waals surface area contributed by atoms with Crippen molar-refractivity contribution in [3.8, 4) is 5.75 Å². The Morgan fingerprint density at radius 3 is 2.73 bits per heavy atom. The Morgan fingerprint density at radius 2 is 1.95 bits per heavy atom. The third kappa shape index (κ3) is 2.93. The molecular formula is C17H18ClN3O. The van der Waals surface area contributed by atoms with Gasteiger partial charge in [0.25, 0.3) is 0 Å². The minimum atomic E-state index is 0.118. The zero-order valence-electron chi connectivity index (χ0n) is 12.6. The van der Waals surface area contributed by atoms with E-state index < -0.39 is 0 Å². The number of nitrogens with zero attached hydrogens (tertiary/aromatic N) is 2. The first kappa shape index (κ1) is 14.9. The quantitative estimate of drug-likeness (QED) is 0.768. The number of aryl methyl sites for hydroxylation is 1. The maximum Gasteiger partial charge on any atom is 0.134 e. The number of phenols is 1. The molecule has 0 amide bonds. The van der Waals surface area contributed by atoms with E-state index in [4.69, 9.17) is 11.6 Å². The molecule has 0 saturated carbocycles. The van der Waals surface area contributed by atoms with E-state index >= 15 is 0 Å². The molecule has 0 saturated heterocycles. The van der Waals surface area contributed by atoms with Crippen LogP contribution in [-0.4, -0.2) is 27.0 Å². The smallest absolute Gasteiger partial charge is 0.134 e. The number of aromatic hydroxyl groups is 1. The Balaban J connectivity index is 1.77. The third-order valence-corrected chi connectivity index (χ3v) is 4.12. The number of halogens is 1. The lowest BCUT2D eigenvalue weighted by molar-refractivity contribution is 0.311. The zero-order chi connectivity index (χ0) is 15.7. The van der Waals surface area contributed by atoms with E-state index in [2.05, 4.69) is 27.9 Å². The van der Waals surface area contributed by atoms with E-state index in [0.717, 1.165) is 22.4 Å². The summed E-state index contributed by atoms with van der Waals surface area (Å²) in [5.41, 5.74) is 4.13. The molecule has 0 aliphatic carbocycles. The van der Waals surface area contributed by atoms with Crippen LogP contribution in [0.5, 0.6) is 5.75 Å². The molecule has 0 radical (unpaired) electrons. The molecule has 0 spiro atoms. The molecule has 1 heterocycles. The molecule has 3 aromatic rings. The average Bonchev–Trinajstić information content (AvgIpc) is 2.88. The Hall–Kier alpha value is -2.04. The molecule has 5 heteroatoms. The molecule has 114 valence electrons. The molecule has 0 bridgehead atoms. The summed E-state index contributed by atoms with van der Waals surface area (Å²) < 4.78 is 0. The lowest BCUT2D eigenvalue weighted by Crippen LogP contribution is -2.18. The number of rotatable bonds is 4. The van der Waals surface area contributed by atoms with Gasteiger partial charge in [-0.05, 0) is 37.2 Å². The van der Waals surface area contributed by atoms with Crippen LogP contribution in [0.25, 0.3) is 11.0 Å². The average molecular weight is 316 g/mol. The van der Waals surface area contributed by atoms with Crippen LogP contribution in [-0.2, 0) is 13.1 Å². The van der Waals surface area contributed by atoms with Crippen LogP contribution in [0, 0.1) is 6.92 Å². The van der Waals surface area contributed by atoms with E-state index in [1.165, 1.54) is 5.56 Å². The van der Waals surface area contributed by atoms with Crippen molar-refractivity contribution in [1.82, 2.24) is 14.9 Å². The number of benzene rings is 2. The summed E-state index contributed by atoms with van der Waals surface area (Å²) in [6.45, 7) is 3.38. The standard InChI is InChI=1S/C17H18ClN3O/c1-11-5-3-7-13-17(11)20-15(19-13)10-21(2)9-12-6-4-8-14(22)16(12)18/h3-8,22H,9-10H2,1-2H3,(H,19,20). The van der Waals surface area contributed by atoms with Crippen molar-refractivity contribution >= 4 is 22.6 Å². The summed E-state index contributed by atoms with van der Waals surface area (Å²) in [5, 5.41) is 10.1. The van der Waals surface area contributed by atoms with Crippen LogP contribution < -0.4 is 0 Å². The normalized spacial score (nSPS) is 11.5. The molecule has 2 aromatic carbocycles. The van der Waals surface area contributed by atoms with Crippen LogP contribution in [0.15, 0.2) is 36.4 Å². The van der Waals surface area contributed by atoms with Gasteiger partial charge in [0.15, 0.2) is 0 Å². The molecule has 0 aliphatic rings. The SMILES string of the molecule is Cc1cccc2[nH]c(CN(C)Cc3cccc(O)c3Cl)nc12. The van der Waals surface area contributed by atoms with Crippen molar-refractivity contribution in [3.05, 3.63) is 58.4 Å². The number of phenolic OH excluding ortho intramolecular Hbond substituents is 1. The molecule has 0 aliphatic heterocycles. The first-order chi connectivity index (χ1) is 10.5. The largest absolute Gasteiger partial charge is 0.506 e. The van der Waals surface area contributed by atoms with E-state index in [9.17, 15) is 5.11 Å². The highest BCUT2D eigenvalue weighted by molar-refractivity contribution is 6.32. The lowest BCUT2D eigenvalue weighted by atomic mass is 10.2. The van der Waals surface area contributed by atoms with Crippen molar-refractivity contribution in [2.24, 2.45) is 0 Å². The van der Waals surface area contributed by atoms with Gasteiger partial charge in [0, 0.05) is 6.54 Å². The van der Waals surface area contributed by atoms with E-state index in [1.54, 1.807) is 12.1 Å². The van der Waals surface area contributed by atoms with Crippen LogP contribution >= 0.6 is 11.6 Å². The lowest BCUT2D eigenvalue weighted by Gasteiger charge is -2.16. The molecular weight excluding hydrogens is 298 g/mol. The summed E-state index contributed by atoms with van der Waals surface area (Å²) in [7, 11) is 2.00. The fraction of sp³-hybridized carbons (Fsp3) is 0.235. The molecule has 3 rings (SSSR count). The number of hydrogen-bond donors (Lipinski definition) is 2. The second kappa shape index (κ2) is 5.99. The van der Waals surface area contributed by atoms with Crippen LogP contribution in [0.1, 0.15) is 17.0 Å². The minimum absolute atomic E-state index is 0.118. The minimum Gasteiger partial charge on any atom is -0.506 e. The molecule has 0 atom stereocenters. The van der Waals surface area contributed by atoms with Crippen molar-refractivity contribution in [1.29, 1.82) is 0 Å². The number of H-pyrrole nitrogens is 1. The van der Waals surface area contributed by atoms with Gasteiger partial charge in [0.05, 0.1) is 22.6 Å². The summed E-state index contributed by atoms with van der Waals surface area (Å²) in [5.74, 6) is 1.04. The number of aromatic nitrogens is 2. The summed E-state index contributed by atoms with van der Waals surface area (Å²) in [6, 6.07) is 11.4. The molecule has 1 aromatic heterocycles. The highest BCUT2D eigenvalue weighted by Gasteiger charge is 2.10. The third-order valence-electron chi connectivity index (χ3n) is 3.68. The highest BCUT2D eigenvalue weighted by Crippen LogP contribution is 2.27. The first-order valence-corrected chi connectivity index (χ1v) is 7.51. The molecule has 4 nitrogen and oxygen atoms in total. The number of fused-ring (bicyclic) bond motifs is 1. The summed E-state index contributed by atoms with van der Waals surface area (Å²) in [4.78, 5) is 10.1. The van der Waals surface area contributed by atoms with Gasteiger partial charge >= 0.3 is 0 Å². The van der Waals surface area contributed by atoms with Gasteiger partial charge < -0.3 is 10.1 Å². The second-order valence-corrected chi connectivity index (χ2v) is 5.96. The van der Waals surface area contributed by atoms with Crippen molar-refractivity contribution in [3.63, 3.8) is 0 Å². The number of hydrogen-bond acceptors (Lipinski definition) is 3. The fourth-order valence-corrected chi connectivity index (χ4v) is 2.78. The second-order valence-electron chi connectivity index (χ2n) is 5.58. The maximum atomic E-state index is 9.66. The van der Waals surface area contributed by atoms with Gasteiger partial charge in [-0.25, -0.2) is 4.98 Å². The van der Waals surface area contributed by atoms with Crippen LogP contribution in [0.3, 0.4) is 0 Å². The summed E-state index contributed by atoms with van der Waals surface area (Å²) in [6.07, 6.45) is 0. The predicted molar refractivity (Wildman–Crippen MR) is 89.1 cm³/mol. The first-order valence-electron chi connectivity index (χ1n) is 7.13. The molecule has 22 heavy (non-hydrogen) atoms. The van der Waals surface area contributed by atoms with Gasteiger partial charge in [-0.3, -0.25) is 4.90 Å². The Bertz CT molecular complexity index is 813. The number of imidazole rings is 1. The van der Waals surface area contributed by atoms with Crippen molar-refractivity contribution in [2.75, 3.05) is 7.05 Å². The van der Waals surface area contributed by atoms with Gasteiger partial charge in [-0.2, -0.15) is 0 Å². The predicted octanol–water partition coefficient (Wildman–Crippen LogP) is 3.86. The van der Waals surface area contributed by atoms with Crippen molar-refractivity contribution < 1.29 is 5.11 Å². The van der Waals surface area contributed by atoms with E-state index in [0.29, 0.717) is 18.1 Å². The Kier molecular flexibility index (Phi) is 4.05. The zero-order valence-corrected chi connectivity index (χ0v) is 13.4. The monoisotopic (exact) mass is 315 g/mol. The van der Waals surface area contributed by atoms with Crippen LogP contribution in [0.2, 0.25) is 5.02 Å². The van der Waals surface area contributed by atoms with E-state index in [-0.39, 0.29) is 5.75 Å². The Labute approximate surface area is 134 Å². The molecule has 2 N–H and O–H groups in total. The Morgan fingerprint density at radius 1 is 1.18 bits per heavy atom. The number of para-hydroxylation sites is 1. The highest BCUT2D eigenvalue weighted by atomic mass is 35.5. The van der Waals surface area contributed by atoms with Gasteiger partial charge in [0.1, 0.15) is 11.6 Å². The number of nitrogens with one attached hydrogen (secondary N) is 1. The van der Waals surface area contributed by atoms with Gasteiger partial charge in [0.2, 0.25) is 0 Å². The fourth-order valence-electron chi connectivity index (χ4n) is 2.59. The van der Waals surface area contributed by atoms with Crippen LogP contribution in [0.4, 0.5) is 0 Å². The van der Waals surface area contributed by atoms with Crippen molar-refractivity contribution in [2.45, 2.75) is 20.0 Å². The molecule has 0 fully saturated rings. The number of aromatic amines is 1. The summed E-state index contributed by atoms with van der Waals surface area (Å²) >= 11 is 6.13. The topological polar surface area (TPSA) is 52.2 Å². The van der Waals surface area contributed by atoms with E-state index in [1.807, 2.05) is 25.2 Å².